The van der Waals surface area contributed by atoms with Crippen molar-refractivity contribution in [1.82, 2.24) is 9.80 Å². The SMILES string of the molecule is CN(C)/C=C/C(=O)c1cc2c(c(OCc3ccccc3)c1)CN(C(=O)O)CC2. The van der Waals surface area contributed by atoms with Crippen LogP contribution in [0, 0.1) is 0 Å². The predicted molar refractivity (Wildman–Crippen MR) is 107 cm³/mol. The van der Waals surface area contributed by atoms with Crippen LogP contribution in [0.1, 0.15) is 27.0 Å². The number of carbonyl (C=O) groups excluding carboxylic acids is 1. The van der Waals surface area contributed by atoms with Gasteiger partial charge in [-0.25, -0.2) is 4.79 Å². The molecule has 1 amide bonds. The number of benzene rings is 2. The predicted octanol–water partition coefficient (Wildman–Crippen LogP) is 3.56. The Kier molecular flexibility index (Phi) is 5.99. The lowest BCUT2D eigenvalue weighted by molar-refractivity contribution is 0.104. The van der Waals surface area contributed by atoms with Crippen LogP contribution in [-0.2, 0) is 19.6 Å². The minimum absolute atomic E-state index is 0.110. The fourth-order valence-corrected chi connectivity index (χ4v) is 3.11. The fraction of sp³-hybridized carbons (Fsp3) is 0.273. The number of ketones is 1. The van der Waals surface area contributed by atoms with E-state index >= 15 is 0 Å². The number of hydrogen-bond donors (Lipinski definition) is 1. The fourth-order valence-electron chi connectivity index (χ4n) is 3.11. The van der Waals surface area contributed by atoms with E-state index in [4.69, 9.17) is 4.74 Å². The lowest BCUT2D eigenvalue weighted by Crippen LogP contribution is -2.35. The zero-order valence-corrected chi connectivity index (χ0v) is 16.1. The molecule has 6 nitrogen and oxygen atoms in total. The largest absolute Gasteiger partial charge is 0.489 e. The number of carboxylic acid groups (broad SMARTS) is 1. The van der Waals surface area contributed by atoms with Crippen molar-refractivity contribution in [3.8, 4) is 5.75 Å². The van der Waals surface area contributed by atoms with E-state index in [9.17, 15) is 14.7 Å². The summed E-state index contributed by atoms with van der Waals surface area (Å²) < 4.78 is 6.03. The van der Waals surface area contributed by atoms with E-state index in [1.807, 2.05) is 50.5 Å². The lowest BCUT2D eigenvalue weighted by Gasteiger charge is -2.28. The Morgan fingerprint density at radius 3 is 2.64 bits per heavy atom. The average Bonchev–Trinajstić information content (AvgIpc) is 2.70. The van der Waals surface area contributed by atoms with Crippen LogP contribution in [0.5, 0.6) is 5.75 Å². The van der Waals surface area contributed by atoms with Crippen molar-refractivity contribution in [2.45, 2.75) is 19.6 Å². The highest BCUT2D eigenvalue weighted by molar-refractivity contribution is 6.05. The molecule has 0 saturated heterocycles. The maximum Gasteiger partial charge on any atom is 0.407 e. The summed E-state index contributed by atoms with van der Waals surface area (Å²) in [5, 5.41) is 9.34. The van der Waals surface area contributed by atoms with Crippen molar-refractivity contribution in [3.63, 3.8) is 0 Å². The van der Waals surface area contributed by atoms with Gasteiger partial charge in [0.15, 0.2) is 5.78 Å². The van der Waals surface area contributed by atoms with Crippen LogP contribution in [0.3, 0.4) is 0 Å². The highest BCUT2D eigenvalue weighted by Gasteiger charge is 2.24. The van der Waals surface area contributed by atoms with E-state index in [1.165, 1.54) is 11.0 Å². The summed E-state index contributed by atoms with van der Waals surface area (Å²) in [6.45, 7) is 1.02. The van der Waals surface area contributed by atoms with Crippen molar-refractivity contribution in [3.05, 3.63) is 77.0 Å². The van der Waals surface area contributed by atoms with Crippen molar-refractivity contribution in [2.75, 3.05) is 20.6 Å². The maximum atomic E-state index is 12.6. The Hall–Kier alpha value is -3.28. The molecule has 0 aliphatic carbocycles. The molecule has 6 heteroatoms. The van der Waals surface area contributed by atoms with Gasteiger partial charge in [0.1, 0.15) is 12.4 Å². The van der Waals surface area contributed by atoms with Gasteiger partial charge in [0.05, 0.1) is 6.54 Å². The van der Waals surface area contributed by atoms with Crippen molar-refractivity contribution < 1.29 is 19.4 Å². The zero-order valence-electron chi connectivity index (χ0n) is 16.1. The van der Waals surface area contributed by atoms with E-state index < -0.39 is 6.09 Å². The normalized spacial score (nSPS) is 13.3. The highest BCUT2D eigenvalue weighted by atomic mass is 16.5. The first-order chi connectivity index (χ1) is 13.4. The number of amides is 1. The van der Waals surface area contributed by atoms with Gasteiger partial charge in [-0.1, -0.05) is 30.3 Å². The number of hydrogen-bond acceptors (Lipinski definition) is 4. The van der Waals surface area contributed by atoms with Crippen LogP contribution in [0.15, 0.2) is 54.7 Å². The van der Waals surface area contributed by atoms with Gasteiger partial charge in [-0.05, 0) is 29.7 Å². The third kappa shape index (κ3) is 4.71. The minimum Gasteiger partial charge on any atom is -0.489 e. The maximum absolute atomic E-state index is 12.6. The first-order valence-corrected chi connectivity index (χ1v) is 9.13. The molecule has 1 N–H and O–H groups in total. The van der Waals surface area contributed by atoms with E-state index in [-0.39, 0.29) is 12.3 Å². The Balaban J connectivity index is 1.92. The second kappa shape index (κ2) is 8.61. The van der Waals surface area contributed by atoms with E-state index in [0.29, 0.717) is 30.9 Å². The summed E-state index contributed by atoms with van der Waals surface area (Å²) in [5.41, 5.74) is 3.34. The number of rotatable bonds is 6. The summed E-state index contributed by atoms with van der Waals surface area (Å²) in [4.78, 5) is 27.1. The van der Waals surface area contributed by atoms with Crippen molar-refractivity contribution in [1.29, 1.82) is 0 Å². The number of fused-ring (bicyclic) bond motifs is 1. The van der Waals surface area contributed by atoms with Gasteiger partial charge in [-0.3, -0.25) is 4.79 Å². The molecular weight excluding hydrogens is 356 g/mol. The molecule has 146 valence electrons. The molecule has 0 fully saturated rings. The average molecular weight is 380 g/mol. The van der Waals surface area contributed by atoms with Crippen molar-refractivity contribution in [2.24, 2.45) is 0 Å². The molecule has 0 bridgehead atoms. The van der Waals surface area contributed by atoms with Gasteiger partial charge in [0.2, 0.25) is 0 Å². The first kappa shape index (κ1) is 19.5. The molecule has 1 aliphatic heterocycles. The first-order valence-electron chi connectivity index (χ1n) is 9.13. The standard InChI is InChI=1S/C22H24N2O4/c1-23(2)10-9-20(25)18-12-17-8-11-24(22(26)27)14-19(17)21(13-18)28-15-16-6-4-3-5-7-16/h3-7,9-10,12-13H,8,11,14-15H2,1-2H3,(H,26,27)/b10-9+. The van der Waals surface area contributed by atoms with E-state index in [2.05, 4.69) is 0 Å². The molecule has 1 aliphatic rings. The van der Waals surface area contributed by atoms with Gasteiger partial charge < -0.3 is 19.6 Å². The Morgan fingerprint density at radius 1 is 1.21 bits per heavy atom. The Bertz CT molecular complexity index is 891. The molecule has 0 spiro atoms. The summed E-state index contributed by atoms with van der Waals surface area (Å²) in [6.07, 6.45) is 2.84. The summed E-state index contributed by atoms with van der Waals surface area (Å²) in [7, 11) is 3.71. The molecule has 0 saturated carbocycles. The second-order valence-corrected chi connectivity index (χ2v) is 6.98. The van der Waals surface area contributed by atoms with E-state index in [1.54, 1.807) is 17.2 Å². The van der Waals surface area contributed by atoms with Crippen LogP contribution in [-0.4, -0.2) is 47.4 Å². The highest BCUT2D eigenvalue weighted by Crippen LogP contribution is 2.31. The second-order valence-electron chi connectivity index (χ2n) is 6.98. The van der Waals surface area contributed by atoms with Gasteiger partial charge in [-0.15, -0.1) is 0 Å². The molecule has 0 unspecified atom stereocenters. The van der Waals surface area contributed by atoms with Crippen LogP contribution < -0.4 is 4.74 Å². The summed E-state index contributed by atoms with van der Waals surface area (Å²) in [5.74, 6) is 0.454. The van der Waals surface area contributed by atoms with Gasteiger partial charge in [0.25, 0.3) is 0 Å². The molecule has 0 aromatic heterocycles. The summed E-state index contributed by atoms with van der Waals surface area (Å²) >= 11 is 0. The Labute approximate surface area is 164 Å². The third-order valence-corrected chi connectivity index (χ3v) is 4.62. The number of allylic oxidation sites excluding steroid dienone is 1. The molecule has 0 radical (unpaired) electrons. The molecule has 28 heavy (non-hydrogen) atoms. The van der Waals surface area contributed by atoms with Crippen molar-refractivity contribution >= 4 is 11.9 Å². The molecule has 3 rings (SSSR count). The topological polar surface area (TPSA) is 70.1 Å². The molecular formula is C22H24N2O4. The molecule has 2 aromatic rings. The third-order valence-electron chi connectivity index (χ3n) is 4.62. The van der Waals surface area contributed by atoms with Gasteiger partial charge in [0, 0.05) is 44.0 Å². The van der Waals surface area contributed by atoms with Crippen LogP contribution >= 0.6 is 0 Å². The smallest absolute Gasteiger partial charge is 0.407 e. The van der Waals surface area contributed by atoms with Gasteiger partial charge >= 0.3 is 6.09 Å². The molecule has 0 atom stereocenters. The minimum atomic E-state index is -0.950. The lowest BCUT2D eigenvalue weighted by atomic mass is 9.95. The number of ether oxygens (including phenoxy) is 1. The van der Waals surface area contributed by atoms with Gasteiger partial charge in [-0.2, -0.15) is 0 Å². The molecule has 2 aromatic carbocycles. The Morgan fingerprint density at radius 2 is 1.96 bits per heavy atom. The quantitative estimate of drug-likeness (QED) is 0.613. The van der Waals surface area contributed by atoms with Crippen LogP contribution in [0.4, 0.5) is 4.79 Å². The van der Waals surface area contributed by atoms with Crippen LogP contribution in [0.25, 0.3) is 0 Å². The zero-order chi connectivity index (χ0) is 20.1. The number of nitrogens with zero attached hydrogens (tertiary/aromatic N) is 2. The van der Waals surface area contributed by atoms with E-state index in [0.717, 1.165) is 16.7 Å². The summed E-state index contributed by atoms with van der Waals surface area (Å²) in [6, 6.07) is 13.3. The monoisotopic (exact) mass is 380 g/mol. The molecule has 1 heterocycles. The van der Waals surface area contributed by atoms with Crippen LogP contribution in [0.2, 0.25) is 0 Å². The number of carbonyl (C=O) groups is 2.